The first-order valence-corrected chi connectivity index (χ1v) is 30.0. The first-order valence-electron chi connectivity index (χ1n) is 30.0. The molecule has 8 aromatic rings. The Morgan fingerprint density at radius 1 is 0.378 bits per heavy atom. The van der Waals surface area contributed by atoms with E-state index in [2.05, 4.69) is 71.0 Å². The second-order valence-corrected chi connectivity index (χ2v) is 24.1. The van der Waals surface area contributed by atoms with E-state index in [1.54, 1.807) is 19.2 Å². The Kier molecular flexibility index (Phi) is 31.1. The normalized spacial score (nSPS) is 13.1. The molecule has 1 aliphatic carbocycles. The molecule has 0 bridgehead atoms. The van der Waals surface area contributed by atoms with Crippen LogP contribution >= 0.6 is 0 Å². The van der Waals surface area contributed by atoms with Crippen LogP contribution in [0.3, 0.4) is 0 Å². The molecule has 0 heterocycles. The van der Waals surface area contributed by atoms with E-state index in [9.17, 15) is 28.8 Å². The van der Waals surface area contributed by atoms with Gasteiger partial charge in [0, 0.05) is 45.4 Å². The largest absolute Gasteiger partial charge is 0.497 e. The summed E-state index contributed by atoms with van der Waals surface area (Å²) in [6.45, 7) is 27.3. The van der Waals surface area contributed by atoms with E-state index < -0.39 is 11.9 Å². The summed E-state index contributed by atoms with van der Waals surface area (Å²) >= 11 is 0. The summed E-state index contributed by atoms with van der Waals surface area (Å²) in [5.74, 6) is 1.95. The van der Waals surface area contributed by atoms with Gasteiger partial charge in [0.2, 0.25) is 0 Å². The molecular weight excluding hydrogens is 1130 g/mol. The molecule has 476 valence electrons. The lowest BCUT2D eigenvalue weighted by Crippen LogP contribution is -2.41. The van der Waals surface area contributed by atoms with E-state index in [0.29, 0.717) is 23.2 Å². The number of carbonyl (C=O) groups excluding carboxylic acids is 6. The van der Waals surface area contributed by atoms with Gasteiger partial charge in [-0.2, -0.15) is 0 Å². The Bertz CT molecular complexity index is 3190. The highest BCUT2D eigenvalue weighted by atomic mass is 16.6. The van der Waals surface area contributed by atoms with Gasteiger partial charge in [-0.15, -0.1) is 0 Å². The monoisotopic (exact) mass is 1220 g/mol. The Balaban J connectivity index is 0.000000305. The molecule has 1 unspecified atom stereocenters. The molecule has 12 heteroatoms. The van der Waals surface area contributed by atoms with Gasteiger partial charge < -0.3 is 33.2 Å². The van der Waals surface area contributed by atoms with Gasteiger partial charge in [-0.05, 0) is 138 Å². The van der Waals surface area contributed by atoms with Crippen molar-refractivity contribution in [2.24, 2.45) is 11.3 Å². The maximum atomic E-state index is 11.3. The number of esters is 5. The smallest absolute Gasteiger partial charge is 0.308 e. The number of ether oxygens (including phenoxy) is 6. The van der Waals surface area contributed by atoms with E-state index in [4.69, 9.17) is 28.4 Å². The van der Waals surface area contributed by atoms with E-state index >= 15 is 0 Å². The molecule has 1 fully saturated rings. The fourth-order valence-electron chi connectivity index (χ4n) is 10.1. The second-order valence-electron chi connectivity index (χ2n) is 24.1. The molecule has 1 saturated carbocycles. The number of benzene rings is 8. The number of Topliss-reactive ketones (excluding diaryl/α,β-unsaturated/α-hetero) is 1. The molecule has 0 aromatic heterocycles. The standard InChI is InChI=1S/C25H30O4.C18H20O3.C14H18O4.3C6H6.C3H6O/c1-17-14-24(4,5)16-25(15-17,20-6-10-22(11-7-20)28-18(2)26)21-8-12-23(13-9-21)29-19(3)27;1-13(19)21-17-11-7-15(8-12-17)18(2,3)14-5-9-16(20-4)10-6-14;1-9(15)17-12-7-6-11(14(3,4)5)8-13(12)18-10(2)16;3*1-2-4-6-5-3-1;1-3(2)4/h6-13,17H,14-16H2,1-5H3;5-12H,1-4H3;6-8H,1-5H3;3*1-6H;1-2H3. The Hall–Kier alpha value is -9.42. The summed E-state index contributed by atoms with van der Waals surface area (Å²) in [6, 6.07) is 72.7. The van der Waals surface area contributed by atoms with Crippen LogP contribution in [0.15, 0.2) is 224 Å². The molecule has 9 rings (SSSR count). The van der Waals surface area contributed by atoms with Crippen LogP contribution in [0.25, 0.3) is 0 Å². The van der Waals surface area contributed by atoms with Crippen LogP contribution in [0, 0.1) is 11.3 Å². The quantitative estimate of drug-likeness (QED) is 0.0944. The highest BCUT2D eigenvalue weighted by molar-refractivity contribution is 5.74. The maximum Gasteiger partial charge on any atom is 0.308 e. The van der Waals surface area contributed by atoms with Gasteiger partial charge >= 0.3 is 29.8 Å². The van der Waals surface area contributed by atoms with Crippen LogP contribution < -0.4 is 28.4 Å². The van der Waals surface area contributed by atoms with Gasteiger partial charge in [0.1, 0.15) is 28.8 Å². The molecule has 90 heavy (non-hydrogen) atoms. The molecule has 1 atom stereocenters. The van der Waals surface area contributed by atoms with E-state index in [-0.39, 0.29) is 56.9 Å². The van der Waals surface area contributed by atoms with E-state index in [1.807, 2.05) is 197 Å². The summed E-state index contributed by atoms with van der Waals surface area (Å²) < 4.78 is 30.8. The number of hydrogen-bond donors (Lipinski definition) is 0. The fraction of sp³-hybridized carbons (Fsp3) is 0.308. The average Bonchev–Trinajstić information content (AvgIpc) is 0.773. The molecule has 0 spiro atoms. The van der Waals surface area contributed by atoms with Crippen molar-refractivity contribution in [3.63, 3.8) is 0 Å². The van der Waals surface area contributed by atoms with Crippen molar-refractivity contribution in [2.75, 3.05) is 7.11 Å². The topological polar surface area (TPSA) is 158 Å². The predicted octanol–water partition coefficient (Wildman–Crippen LogP) is 18.1. The van der Waals surface area contributed by atoms with Crippen LogP contribution in [0.2, 0.25) is 0 Å². The SMILES string of the molecule is CC(=O)Oc1ccc(C(C)(C)C)cc1OC(C)=O.CC(=O)Oc1ccc(C2(c3ccc(OC(C)=O)cc3)CC(C)CC(C)(C)C2)cc1.CC(C)=O.COc1ccc(C(C)(C)c2ccc(OC(C)=O)cc2)cc1.c1ccccc1.c1ccccc1.c1ccccc1. The zero-order valence-corrected chi connectivity index (χ0v) is 55.5. The zero-order chi connectivity index (χ0) is 66.9. The first kappa shape index (κ1) is 74.8. The predicted molar refractivity (Wildman–Crippen MR) is 359 cm³/mol. The minimum Gasteiger partial charge on any atom is -0.497 e. The summed E-state index contributed by atoms with van der Waals surface area (Å²) in [6.07, 6.45) is 3.24. The molecule has 1 aliphatic rings. The van der Waals surface area contributed by atoms with Crippen LogP contribution in [-0.4, -0.2) is 42.7 Å². The average molecular weight is 1220 g/mol. The molecular formula is C78H92O12. The number of carbonyl (C=O) groups is 6. The summed E-state index contributed by atoms with van der Waals surface area (Å²) in [4.78, 5) is 64.9. The molecule has 0 saturated heterocycles. The first-order chi connectivity index (χ1) is 42.5. The third-order valence-electron chi connectivity index (χ3n) is 13.7. The number of ketones is 1. The number of rotatable bonds is 10. The van der Waals surface area contributed by atoms with Crippen LogP contribution in [0.1, 0.15) is 151 Å². The number of methoxy groups -OCH3 is 1. The maximum absolute atomic E-state index is 11.3. The van der Waals surface area contributed by atoms with Crippen molar-refractivity contribution in [2.45, 2.75) is 139 Å². The lowest BCUT2D eigenvalue weighted by atomic mass is 9.55. The molecule has 0 aliphatic heterocycles. The van der Waals surface area contributed by atoms with Crippen LogP contribution in [0.4, 0.5) is 0 Å². The lowest BCUT2D eigenvalue weighted by molar-refractivity contribution is -0.134. The van der Waals surface area contributed by atoms with Crippen molar-refractivity contribution in [3.05, 3.63) is 252 Å². The van der Waals surface area contributed by atoms with Crippen molar-refractivity contribution in [3.8, 4) is 34.5 Å². The van der Waals surface area contributed by atoms with E-state index in [1.165, 1.54) is 71.6 Å². The highest BCUT2D eigenvalue weighted by Crippen LogP contribution is 2.54. The van der Waals surface area contributed by atoms with Crippen LogP contribution in [-0.2, 0) is 45.0 Å². The third kappa shape index (κ3) is 28.2. The molecule has 8 aromatic carbocycles. The summed E-state index contributed by atoms with van der Waals surface area (Å²) in [5.41, 5.74) is 5.61. The van der Waals surface area contributed by atoms with Crippen molar-refractivity contribution >= 4 is 35.6 Å². The highest BCUT2D eigenvalue weighted by Gasteiger charge is 2.45. The van der Waals surface area contributed by atoms with Crippen molar-refractivity contribution in [1.82, 2.24) is 0 Å². The van der Waals surface area contributed by atoms with Gasteiger partial charge in [-0.1, -0.05) is 219 Å². The molecule has 0 N–H and O–H groups in total. The molecule has 0 amide bonds. The van der Waals surface area contributed by atoms with Gasteiger partial charge in [0.15, 0.2) is 11.5 Å². The van der Waals surface area contributed by atoms with Gasteiger partial charge in [0.25, 0.3) is 0 Å². The van der Waals surface area contributed by atoms with Crippen molar-refractivity contribution in [1.29, 1.82) is 0 Å². The van der Waals surface area contributed by atoms with Crippen molar-refractivity contribution < 1.29 is 57.2 Å². The second kappa shape index (κ2) is 37.4. The van der Waals surface area contributed by atoms with E-state index in [0.717, 1.165) is 29.7 Å². The third-order valence-corrected chi connectivity index (χ3v) is 13.7. The zero-order valence-electron chi connectivity index (χ0n) is 55.5. The summed E-state index contributed by atoms with van der Waals surface area (Å²) in [5, 5.41) is 0. The Morgan fingerprint density at radius 3 is 0.933 bits per heavy atom. The Morgan fingerprint density at radius 2 is 0.656 bits per heavy atom. The summed E-state index contributed by atoms with van der Waals surface area (Å²) in [7, 11) is 1.66. The Labute approximate surface area is 534 Å². The minimum atomic E-state index is -0.452. The lowest BCUT2D eigenvalue weighted by Gasteiger charge is -2.48. The van der Waals surface area contributed by atoms with Gasteiger partial charge in [-0.25, -0.2) is 0 Å². The fourth-order valence-corrected chi connectivity index (χ4v) is 10.1. The van der Waals surface area contributed by atoms with Crippen LogP contribution in [0.5, 0.6) is 34.5 Å². The van der Waals surface area contributed by atoms with Gasteiger partial charge in [0.05, 0.1) is 7.11 Å². The number of hydrogen-bond acceptors (Lipinski definition) is 12. The van der Waals surface area contributed by atoms with Gasteiger partial charge in [-0.3, -0.25) is 24.0 Å². The molecule has 12 nitrogen and oxygen atoms in total. The molecule has 0 radical (unpaired) electrons. The minimum absolute atomic E-state index is 0.0797.